The summed E-state index contributed by atoms with van der Waals surface area (Å²) >= 11 is 0. The van der Waals surface area contributed by atoms with Crippen LogP contribution in [-0.2, 0) is 4.74 Å². The Kier molecular flexibility index (Phi) is 3.78. The summed E-state index contributed by atoms with van der Waals surface area (Å²) in [4.78, 5) is 12.0. The Morgan fingerprint density at radius 3 is 3.00 bits per heavy atom. The molecule has 1 atom stereocenters. The Labute approximate surface area is 117 Å². The number of aromatic nitrogens is 2. The minimum Gasteiger partial charge on any atom is -0.376 e. The molecule has 0 aliphatic carbocycles. The van der Waals surface area contributed by atoms with Crippen molar-refractivity contribution in [3.05, 3.63) is 48.3 Å². The second kappa shape index (κ2) is 5.88. The van der Waals surface area contributed by atoms with Gasteiger partial charge in [-0.25, -0.2) is 4.68 Å². The highest BCUT2D eigenvalue weighted by molar-refractivity contribution is 5.93. The molecular weight excluding hydrogens is 254 g/mol. The Bertz CT molecular complexity index is 574. The van der Waals surface area contributed by atoms with Crippen molar-refractivity contribution < 1.29 is 9.53 Å². The van der Waals surface area contributed by atoms with E-state index in [1.165, 1.54) is 0 Å². The summed E-state index contributed by atoms with van der Waals surface area (Å²) in [5, 5.41) is 7.10. The standard InChI is InChI=1S/C15H17N3O2/c19-15(16-10-14-7-4-8-20-14)12-9-17-18(11-12)13-5-2-1-3-6-13/h1-3,5-6,9,11,14H,4,7-8,10H2,(H,16,19). The van der Waals surface area contributed by atoms with Gasteiger partial charge in [0, 0.05) is 19.3 Å². The van der Waals surface area contributed by atoms with E-state index in [0.717, 1.165) is 25.1 Å². The van der Waals surface area contributed by atoms with E-state index in [2.05, 4.69) is 10.4 Å². The maximum atomic E-state index is 12.0. The molecule has 3 rings (SSSR count). The molecule has 104 valence electrons. The first-order valence-corrected chi connectivity index (χ1v) is 6.83. The van der Waals surface area contributed by atoms with E-state index in [9.17, 15) is 4.79 Å². The van der Waals surface area contributed by atoms with Crippen LogP contribution in [-0.4, -0.2) is 34.9 Å². The van der Waals surface area contributed by atoms with Crippen molar-refractivity contribution in [3.8, 4) is 5.69 Å². The van der Waals surface area contributed by atoms with Crippen molar-refractivity contribution in [2.75, 3.05) is 13.2 Å². The molecule has 0 bridgehead atoms. The van der Waals surface area contributed by atoms with Crippen LogP contribution in [0.15, 0.2) is 42.7 Å². The van der Waals surface area contributed by atoms with Gasteiger partial charge in [0.1, 0.15) is 0 Å². The van der Waals surface area contributed by atoms with Crippen LogP contribution in [0.1, 0.15) is 23.2 Å². The monoisotopic (exact) mass is 271 g/mol. The molecule has 1 aromatic heterocycles. The van der Waals surface area contributed by atoms with Crippen molar-refractivity contribution in [2.45, 2.75) is 18.9 Å². The first-order chi connectivity index (χ1) is 9.83. The molecule has 1 aliphatic heterocycles. The molecule has 0 spiro atoms. The number of amides is 1. The molecule has 2 heterocycles. The van der Waals surface area contributed by atoms with Crippen LogP contribution in [0.3, 0.4) is 0 Å². The molecule has 1 amide bonds. The second-order valence-electron chi connectivity index (χ2n) is 4.85. The van der Waals surface area contributed by atoms with Crippen molar-refractivity contribution in [3.63, 3.8) is 0 Å². The lowest BCUT2D eigenvalue weighted by Crippen LogP contribution is -2.31. The summed E-state index contributed by atoms with van der Waals surface area (Å²) in [5.41, 5.74) is 1.50. The van der Waals surface area contributed by atoms with Gasteiger partial charge in [-0.05, 0) is 25.0 Å². The van der Waals surface area contributed by atoms with Gasteiger partial charge in [0.05, 0.1) is 23.6 Å². The predicted octanol–water partition coefficient (Wildman–Crippen LogP) is 1.78. The highest BCUT2D eigenvalue weighted by Crippen LogP contribution is 2.11. The first kappa shape index (κ1) is 12.9. The molecule has 1 unspecified atom stereocenters. The van der Waals surface area contributed by atoms with E-state index in [1.54, 1.807) is 17.1 Å². The van der Waals surface area contributed by atoms with Crippen LogP contribution in [0.25, 0.3) is 5.69 Å². The number of hydrogen-bond acceptors (Lipinski definition) is 3. The fraction of sp³-hybridized carbons (Fsp3) is 0.333. The Morgan fingerprint density at radius 2 is 2.25 bits per heavy atom. The normalized spacial score (nSPS) is 18.1. The van der Waals surface area contributed by atoms with Crippen LogP contribution in [0.4, 0.5) is 0 Å². The van der Waals surface area contributed by atoms with Gasteiger partial charge in [0.25, 0.3) is 5.91 Å². The highest BCUT2D eigenvalue weighted by Gasteiger charge is 2.17. The zero-order valence-corrected chi connectivity index (χ0v) is 11.2. The van der Waals surface area contributed by atoms with Crippen molar-refractivity contribution in [1.29, 1.82) is 0 Å². The molecular formula is C15H17N3O2. The zero-order valence-electron chi connectivity index (χ0n) is 11.2. The van der Waals surface area contributed by atoms with E-state index >= 15 is 0 Å². The fourth-order valence-electron chi connectivity index (χ4n) is 2.28. The van der Waals surface area contributed by atoms with Crippen LogP contribution in [0, 0.1) is 0 Å². The molecule has 0 radical (unpaired) electrons. The van der Waals surface area contributed by atoms with E-state index < -0.39 is 0 Å². The van der Waals surface area contributed by atoms with Gasteiger partial charge < -0.3 is 10.1 Å². The number of rotatable bonds is 4. The molecule has 2 aromatic rings. The second-order valence-corrected chi connectivity index (χ2v) is 4.85. The highest BCUT2D eigenvalue weighted by atomic mass is 16.5. The minimum atomic E-state index is -0.109. The molecule has 20 heavy (non-hydrogen) atoms. The maximum absolute atomic E-state index is 12.0. The number of hydrogen-bond donors (Lipinski definition) is 1. The number of nitrogens with one attached hydrogen (secondary N) is 1. The molecule has 0 saturated carbocycles. The van der Waals surface area contributed by atoms with Crippen molar-refractivity contribution in [1.82, 2.24) is 15.1 Å². The Morgan fingerprint density at radius 1 is 1.40 bits per heavy atom. The van der Waals surface area contributed by atoms with Crippen LogP contribution in [0.2, 0.25) is 0 Å². The molecule has 5 heteroatoms. The van der Waals surface area contributed by atoms with Crippen LogP contribution in [0.5, 0.6) is 0 Å². The quantitative estimate of drug-likeness (QED) is 0.922. The Hall–Kier alpha value is -2.14. The summed E-state index contributed by atoms with van der Waals surface area (Å²) in [6, 6.07) is 9.71. The summed E-state index contributed by atoms with van der Waals surface area (Å²) in [6.07, 6.45) is 5.57. The number of carbonyl (C=O) groups is 1. The average molecular weight is 271 g/mol. The Balaban J connectivity index is 1.62. The number of ether oxygens (including phenoxy) is 1. The lowest BCUT2D eigenvalue weighted by Gasteiger charge is -2.09. The van der Waals surface area contributed by atoms with E-state index in [1.807, 2.05) is 30.3 Å². The average Bonchev–Trinajstić information content (AvgIpc) is 3.17. The summed E-state index contributed by atoms with van der Waals surface area (Å²) in [7, 11) is 0. The number of para-hydroxylation sites is 1. The third-order valence-electron chi connectivity index (χ3n) is 3.38. The van der Waals surface area contributed by atoms with Gasteiger partial charge in [-0.1, -0.05) is 18.2 Å². The maximum Gasteiger partial charge on any atom is 0.254 e. The smallest absolute Gasteiger partial charge is 0.254 e. The summed E-state index contributed by atoms with van der Waals surface area (Å²) < 4.78 is 7.17. The number of carbonyl (C=O) groups excluding carboxylic acids is 1. The predicted molar refractivity (Wildman–Crippen MR) is 74.9 cm³/mol. The minimum absolute atomic E-state index is 0.109. The summed E-state index contributed by atoms with van der Waals surface area (Å²) in [5.74, 6) is -0.109. The van der Waals surface area contributed by atoms with Gasteiger partial charge in [-0.15, -0.1) is 0 Å². The third kappa shape index (κ3) is 2.88. The third-order valence-corrected chi connectivity index (χ3v) is 3.38. The lowest BCUT2D eigenvalue weighted by atomic mass is 10.2. The number of benzene rings is 1. The number of nitrogens with zero attached hydrogens (tertiary/aromatic N) is 2. The molecule has 1 aliphatic rings. The summed E-state index contributed by atoms with van der Waals surface area (Å²) in [6.45, 7) is 1.36. The first-order valence-electron chi connectivity index (χ1n) is 6.83. The SMILES string of the molecule is O=C(NCC1CCCO1)c1cnn(-c2ccccc2)c1. The zero-order chi connectivity index (χ0) is 13.8. The van der Waals surface area contributed by atoms with Crippen molar-refractivity contribution in [2.24, 2.45) is 0 Å². The van der Waals surface area contributed by atoms with Gasteiger partial charge in [0.2, 0.25) is 0 Å². The van der Waals surface area contributed by atoms with Gasteiger partial charge >= 0.3 is 0 Å². The largest absolute Gasteiger partial charge is 0.376 e. The fourth-order valence-corrected chi connectivity index (χ4v) is 2.28. The van der Waals surface area contributed by atoms with E-state index in [0.29, 0.717) is 12.1 Å². The van der Waals surface area contributed by atoms with Crippen LogP contribution >= 0.6 is 0 Å². The molecule has 1 saturated heterocycles. The molecule has 5 nitrogen and oxygen atoms in total. The van der Waals surface area contributed by atoms with Gasteiger partial charge in [-0.3, -0.25) is 4.79 Å². The van der Waals surface area contributed by atoms with Gasteiger partial charge in [0.15, 0.2) is 0 Å². The van der Waals surface area contributed by atoms with E-state index in [4.69, 9.17) is 4.74 Å². The molecule has 1 aromatic carbocycles. The lowest BCUT2D eigenvalue weighted by molar-refractivity contribution is 0.0858. The van der Waals surface area contributed by atoms with Crippen LogP contribution < -0.4 is 5.32 Å². The molecule has 1 N–H and O–H groups in total. The van der Waals surface area contributed by atoms with E-state index in [-0.39, 0.29) is 12.0 Å². The van der Waals surface area contributed by atoms with Crippen molar-refractivity contribution >= 4 is 5.91 Å². The van der Waals surface area contributed by atoms with Gasteiger partial charge in [-0.2, -0.15) is 5.10 Å². The molecule has 1 fully saturated rings. The topological polar surface area (TPSA) is 56.1 Å².